The zero-order chi connectivity index (χ0) is 25.2. The van der Waals surface area contributed by atoms with E-state index >= 15 is 0 Å². The predicted molar refractivity (Wildman–Crippen MR) is 136 cm³/mol. The van der Waals surface area contributed by atoms with Crippen LogP contribution in [0.5, 0.6) is 5.75 Å². The number of benzene rings is 4. The average molecular weight is 497 g/mol. The molecule has 8 heteroatoms. The zero-order valence-corrected chi connectivity index (χ0v) is 19.4. The third kappa shape index (κ3) is 4.23. The zero-order valence-electron chi connectivity index (χ0n) is 18.6. The lowest BCUT2D eigenvalue weighted by Crippen LogP contribution is -2.32. The number of rotatable bonds is 6. The molecule has 0 spiro atoms. The fourth-order valence-electron chi connectivity index (χ4n) is 3.85. The number of nitrogens with zero attached hydrogens (tertiary/aromatic N) is 1. The highest BCUT2D eigenvalue weighted by atomic mass is 35.5. The van der Waals surface area contributed by atoms with E-state index in [9.17, 15) is 19.2 Å². The van der Waals surface area contributed by atoms with Gasteiger partial charge < -0.3 is 10.1 Å². The van der Waals surface area contributed by atoms with Gasteiger partial charge in [-0.2, -0.15) is 0 Å². The maximum Gasteiger partial charge on any atom is 0.343 e. The number of carbonyl (C=O) groups excluding carboxylic acids is 4. The number of imide groups is 1. The van der Waals surface area contributed by atoms with Crippen molar-refractivity contribution < 1.29 is 23.9 Å². The van der Waals surface area contributed by atoms with Gasteiger partial charge in [0.1, 0.15) is 22.8 Å². The second-order valence-corrected chi connectivity index (χ2v) is 8.29. The number of anilines is 2. The molecule has 1 N–H and O–H groups in total. The van der Waals surface area contributed by atoms with Gasteiger partial charge in [-0.1, -0.05) is 48.0 Å². The molecule has 0 atom stereocenters. The number of carbonyl (C=O) groups is 4. The van der Waals surface area contributed by atoms with E-state index in [4.69, 9.17) is 16.3 Å². The van der Waals surface area contributed by atoms with Crippen LogP contribution in [-0.4, -0.2) is 24.1 Å². The van der Waals surface area contributed by atoms with Crippen molar-refractivity contribution in [3.05, 3.63) is 113 Å². The van der Waals surface area contributed by atoms with Crippen LogP contribution in [0.2, 0.25) is 0 Å². The standard InChI is InChI=1S/C28H17ClN2O5/c29-24-25(27(34)31(26(24)33)23-7-3-5-18-4-1-2-6-22(18)23)30-20-12-10-19(11-13-20)28(35)36-21-14-8-17(16-32)9-15-21/h1-16,30H. The van der Waals surface area contributed by atoms with Crippen molar-refractivity contribution >= 4 is 57.8 Å². The molecule has 0 saturated carbocycles. The number of hydrogen-bond donors (Lipinski definition) is 1. The highest BCUT2D eigenvalue weighted by Gasteiger charge is 2.39. The molecule has 7 nitrogen and oxygen atoms in total. The third-order valence-electron chi connectivity index (χ3n) is 5.65. The Hall–Kier alpha value is -4.75. The van der Waals surface area contributed by atoms with Crippen LogP contribution in [0.3, 0.4) is 0 Å². The number of fused-ring (bicyclic) bond motifs is 1. The Bertz CT molecular complexity index is 1550. The summed E-state index contributed by atoms with van der Waals surface area (Å²) in [6.07, 6.45) is 0.697. The van der Waals surface area contributed by atoms with E-state index in [1.807, 2.05) is 30.3 Å². The van der Waals surface area contributed by atoms with Crippen LogP contribution in [0.1, 0.15) is 20.7 Å². The number of hydrogen-bond acceptors (Lipinski definition) is 6. The lowest BCUT2D eigenvalue weighted by molar-refractivity contribution is -0.120. The molecule has 4 aromatic rings. The molecule has 2 amide bonds. The van der Waals surface area contributed by atoms with Gasteiger partial charge in [0.2, 0.25) is 0 Å². The Kier molecular flexibility index (Phi) is 6.06. The van der Waals surface area contributed by atoms with Crippen molar-refractivity contribution in [3.8, 4) is 5.75 Å². The molecule has 0 bridgehead atoms. The Morgan fingerprint density at radius 2 is 1.53 bits per heavy atom. The molecule has 1 aliphatic heterocycles. The predicted octanol–water partition coefficient (Wildman–Crippen LogP) is 5.31. The molecule has 1 heterocycles. The number of halogens is 1. The summed E-state index contributed by atoms with van der Waals surface area (Å²) in [5, 5.41) is 4.30. The fraction of sp³-hybridized carbons (Fsp3) is 0. The van der Waals surface area contributed by atoms with Crippen LogP contribution in [0.15, 0.2) is 102 Å². The Morgan fingerprint density at radius 1 is 0.833 bits per heavy atom. The second-order valence-electron chi connectivity index (χ2n) is 7.91. The Labute approximate surface area is 210 Å². The van der Waals surface area contributed by atoms with Crippen molar-refractivity contribution in [1.82, 2.24) is 0 Å². The van der Waals surface area contributed by atoms with Gasteiger partial charge in [0, 0.05) is 16.6 Å². The molecule has 0 radical (unpaired) electrons. The summed E-state index contributed by atoms with van der Waals surface area (Å²) in [4.78, 5) is 50.3. The first-order chi connectivity index (χ1) is 17.5. The second kappa shape index (κ2) is 9.48. The summed E-state index contributed by atoms with van der Waals surface area (Å²) < 4.78 is 5.31. The van der Waals surface area contributed by atoms with Gasteiger partial charge in [-0.3, -0.25) is 14.4 Å². The smallest absolute Gasteiger partial charge is 0.343 e. The highest BCUT2D eigenvalue weighted by Crippen LogP contribution is 2.34. The van der Waals surface area contributed by atoms with Crippen LogP contribution in [0.25, 0.3) is 10.8 Å². The SMILES string of the molecule is O=Cc1ccc(OC(=O)c2ccc(NC3=C(Cl)C(=O)N(c4cccc5ccccc45)C3=O)cc2)cc1. The first-order valence-electron chi connectivity index (χ1n) is 10.9. The lowest BCUT2D eigenvalue weighted by atomic mass is 10.1. The molecule has 0 fully saturated rings. The van der Waals surface area contributed by atoms with Crippen LogP contribution in [-0.2, 0) is 9.59 Å². The summed E-state index contributed by atoms with van der Waals surface area (Å²) in [7, 11) is 0. The molecule has 0 unspecified atom stereocenters. The Morgan fingerprint density at radius 3 is 2.25 bits per heavy atom. The minimum Gasteiger partial charge on any atom is -0.423 e. The molecule has 176 valence electrons. The molecule has 0 aliphatic carbocycles. The summed E-state index contributed by atoms with van der Waals surface area (Å²) >= 11 is 6.27. The fourth-order valence-corrected chi connectivity index (χ4v) is 4.06. The van der Waals surface area contributed by atoms with Crippen molar-refractivity contribution in [2.45, 2.75) is 0 Å². The van der Waals surface area contributed by atoms with E-state index in [1.165, 1.54) is 24.3 Å². The quantitative estimate of drug-likeness (QED) is 0.168. The number of ether oxygens (including phenoxy) is 1. The molecule has 5 rings (SSSR count). The summed E-state index contributed by atoms with van der Waals surface area (Å²) in [6, 6.07) is 25.1. The van der Waals surface area contributed by atoms with Gasteiger partial charge in [-0.05, 0) is 60.0 Å². The lowest BCUT2D eigenvalue weighted by Gasteiger charge is -2.17. The molecule has 4 aromatic carbocycles. The van der Waals surface area contributed by atoms with Gasteiger partial charge in [0.25, 0.3) is 11.8 Å². The van der Waals surface area contributed by atoms with E-state index in [0.717, 1.165) is 15.7 Å². The van der Waals surface area contributed by atoms with E-state index in [0.29, 0.717) is 29.0 Å². The monoisotopic (exact) mass is 496 g/mol. The van der Waals surface area contributed by atoms with E-state index in [-0.39, 0.29) is 16.3 Å². The van der Waals surface area contributed by atoms with E-state index in [2.05, 4.69) is 5.32 Å². The van der Waals surface area contributed by atoms with E-state index < -0.39 is 17.8 Å². The van der Waals surface area contributed by atoms with E-state index in [1.54, 1.807) is 36.4 Å². The van der Waals surface area contributed by atoms with Crippen molar-refractivity contribution in [3.63, 3.8) is 0 Å². The average Bonchev–Trinajstić information content (AvgIpc) is 3.12. The number of aldehydes is 1. The van der Waals surface area contributed by atoms with Crippen molar-refractivity contribution in [2.75, 3.05) is 10.2 Å². The Balaban J connectivity index is 1.33. The number of amides is 2. The topological polar surface area (TPSA) is 92.8 Å². The number of esters is 1. The molecule has 0 saturated heterocycles. The first kappa shape index (κ1) is 23.0. The van der Waals surface area contributed by atoms with Crippen LogP contribution >= 0.6 is 11.6 Å². The summed E-state index contributed by atoms with van der Waals surface area (Å²) in [5.74, 6) is -1.50. The van der Waals surface area contributed by atoms with Crippen LogP contribution in [0.4, 0.5) is 11.4 Å². The minimum atomic E-state index is -0.624. The van der Waals surface area contributed by atoms with Gasteiger partial charge >= 0.3 is 5.97 Å². The van der Waals surface area contributed by atoms with Gasteiger partial charge in [0.15, 0.2) is 0 Å². The maximum absolute atomic E-state index is 13.2. The van der Waals surface area contributed by atoms with Gasteiger partial charge in [-0.25, -0.2) is 9.69 Å². The molecule has 0 aromatic heterocycles. The van der Waals surface area contributed by atoms with Crippen molar-refractivity contribution in [2.24, 2.45) is 0 Å². The van der Waals surface area contributed by atoms with Crippen LogP contribution < -0.4 is 15.0 Å². The number of nitrogens with one attached hydrogen (secondary N) is 1. The molecular weight excluding hydrogens is 480 g/mol. The highest BCUT2D eigenvalue weighted by molar-refractivity contribution is 6.53. The van der Waals surface area contributed by atoms with Crippen LogP contribution in [0, 0.1) is 0 Å². The largest absolute Gasteiger partial charge is 0.423 e. The minimum absolute atomic E-state index is 0.0554. The summed E-state index contributed by atoms with van der Waals surface area (Å²) in [6.45, 7) is 0. The van der Waals surface area contributed by atoms with Crippen molar-refractivity contribution in [1.29, 1.82) is 0 Å². The molecular formula is C28H17ClN2O5. The maximum atomic E-state index is 13.2. The summed E-state index contributed by atoms with van der Waals surface area (Å²) in [5.41, 5.74) is 1.58. The molecule has 36 heavy (non-hydrogen) atoms. The first-order valence-corrected chi connectivity index (χ1v) is 11.2. The van der Waals surface area contributed by atoms with Gasteiger partial charge in [-0.15, -0.1) is 0 Å². The normalized spacial score (nSPS) is 13.3. The van der Waals surface area contributed by atoms with Gasteiger partial charge in [0.05, 0.1) is 11.3 Å². The molecule has 1 aliphatic rings. The third-order valence-corrected chi connectivity index (χ3v) is 6.00.